The van der Waals surface area contributed by atoms with Gasteiger partial charge in [-0.05, 0) is 44.3 Å². The lowest BCUT2D eigenvalue weighted by Gasteiger charge is -2.09. The number of rotatable bonds is 10. The molecule has 18 heavy (non-hydrogen) atoms. The van der Waals surface area contributed by atoms with Crippen LogP contribution in [0.1, 0.15) is 24.8 Å². The van der Waals surface area contributed by atoms with Crippen molar-refractivity contribution >= 4 is 0 Å². The van der Waals surface area contributed by atoms with Crippen LogP contribution in [0.15, 0.2) is 30.3 Å². The lowest BCUT2D eigenvalue weighted by Crippen LogP contribution is -2.24. The first kappa shape index (κ1) is 15.2. The van der Waals surface area contributed by atoms with Crippen LogP contribution in [0.25, 0.3) is 0 Å². The molecule has 2 N–H and O–H groups in total. The van der Waals surface area contributed by atoms with Crippen molar-refractivity contribution in [3.63, 3.8) is 0 Å². The third-order valence-corrected chi connectivity index (χ3v) is 2.93. The lowest BCUT2D eigenvalue weighted by atomic mass is 10.1. The standard InChI is InChI=1S/C15H25NO2/c1-18-13-15(17)10-12-16-11-6-5-9-14-7-3-2-4-8-14/h2-4,7-8,15-17H,5-6,9-13H2,1H3. The highest BCUT2D eigenvalue weighted by molar-refractivity contribution is 5.14. The molecule has 0 aliphatic heterocycles. The van der Waals surface area contributed by atoms with Crippen LogP contribution in [-0.2, 0) is 11.2 Å². The number of ether oxygens (including phenoxy) is 1. The molecule has 0 aromatic heterocycles. The fraction of sp³-hybridized carbons (Fsp3) is 0.600. The van der Waals surface area contributed by atoms with Gasteiger partial charge in [-0.25, -0.2) is 0 Å². The first-order valence-electron chi connectivity index (χ1n) is 6.74. The van der Waals surface area contributed by atoms with Crippen LogP contribution < -0.4 is 5.32 Å². The molecule has 0 radical (unpaired) electrons. The Hall–Kier alpha value is -0.900. The molecule has 0 aliphatic rings. The summed E-state index contributed by atoms with van der Waals surface area (Å²) in [6.07, 6.45) is 3.95. The van der Waals surface area contributed by atoms with Gasteiger partial charge in [0.1, 0.15) is 0 Å². The first-order valence-corrected chi connectivity index (χ1v) is 6.74. The fourth-order valence-corrected chi connectivity index (χ4v) is 1.89. The average Bonchev–Trinajstić information content (AvgIpc) is 2.39. The predicted molar refractivity (Wildman–Crippen MR) is 74.7 cm³/mol. The zero-order valence-corrected chi connectivity index (χ0v) is 11.3. The molecule has 0 aliphatic carbocycles. The molecular weight excluding hydrogens is 226 g/mol. The maximum Gasteiger partial charge on any atom is 0.0785 e. The molecule has 0 fully saturated rings. The Bertz CT molecular complexity index is 290. The van der Waals surface area contributed by atoms with Gasteiger partial charge in [0.05, 0.1) is 12.7 Å². The summed E-state index contributed by atoms with van der Waals surface area (Å²) >= 11 is 0. The average molecular weight is 251 g/mol. The maximum atomic E-state index is 9.44. The minimum atomic E-state index is -0.341. The van der Waals surface area contributed by atoms with E-state index in [1.807, 2.05) is 0 Å². The molecular formula is C15H25NO2. The smallest absolute Gasteiger partial charge is 0.0785 e. The molecule has 1 atom stereocenters. The molecule has 3 heteroatoms. The third kappa shape index (κ3) is 7.43. The van der Waals surface area contributed by atoms with E-state index in [1.54, 1.807) is 7.11 Å². The van der Waals surface area contributed by atoms with E-state index in [0.29, 0.717) is 6.61 Å². The Morgan fingerprint density at radius 2 is 1.94 bits per heavy atom. The van der Waals surface area contributed by atoms with Gasteiger partial charge in [0.15, 0.2) is 0 Å². The van der Waals surface area contributed by atoms with Crippen LogP contribution in [0.3, 0.4) is 0 Å². The summed E-state index contributed by atoms with van der Waals surface area (Å²) < 4.78 is 4.87. The van der Waals surface area contributed by atoms with E-state index in [-0.39, 0.29) is 6.10 Å². The van der Waals surface area contributed by atoms with E-state index in [2.05, 4.69) is 35.6 Å². The molecule has 0 amide bonds. The zero-order valence-electron chi connectivity index (χ0n) is 11.3. The first-order chi connectivity index (χ1) is 8.83. The number of aliphatic hydroxyl groups excluding tert-OH is 1. The summed E-state index contributed by atoms with van der Waals surface area (Å²) in [7, 11) is 1.61. The van der Waals surface area contributed by atoms with Crippen molar-refractivity contribution in [2.24, 2.45) is 0 Å². The summed E-state index contributed by atoms with van der Waals surface area (Å²) in [5, 5.41) is 12.8. The second-order valence-electron chi connectivity index (χ2n) is 4.59. The van der Waals surface area contributed by atoms with Crippen molar-refractivity contribution in [1.29, 1.82) is 0 Å². The Morgan fingerprint density at radius 3 is 2.67 bits per heavy atom. The SMILES string of the molecule is COCC(O)CCNCCCCc1ccccc1. The molecule has 0 heterocycles. The van der Waals surface area contributed by atoms with Crippen molar-refractivity contribution in [2.45, 2.75) is 31.8 Å². The van der Waals surface area contributed by atoms with Crippen molar-refractivity contribution in [3.05, 3.63) is 35.9 Å². The minimum absolute atomic E-state index is 0.341. The highest BCUT2D eigenvalue weighted by Gasteiger charge is 2.01. The summed E-state index contributed by atoms with van der Waals surface area (Å²) in [6.45, 7) is 2.30. The molecule has 0 bridgehead atoms. The molecule has 1 rings (SSSR count). The van der Waals surface area contributed by atoms with Crippen molar-refractivity contribution in [1.82, 2.24) is 5.32 Å². The number of aryl methyl sites for hydroxylation is 1. The molecule has 0 spiro atoms. The van der Waals surface area contributed by atoms with E-state index in [0.717, 1.165) is 25.9 Å². The number of benzene rings is 1. The minimum Gasteiger partial charge on any atom is -0.391 e. The Morgan fingerprint density at radius 1 is 1.17 bits per heavy atom. The van der Waals surface area contributed by atoms with Crippen molar-refractivity contribution < 1.29 is 9.84 Å². The third-order valence-electron chi connectivity index (χ3n) is 2.93. The number of hydrogen-bond donors (Lipinski definition) is 2. The number of nitrogens with one attached hydrogen (secondary N) is 1. The van der Waals surface area contributed by atoms with Gasteiger partial charge >= 0.3 is 0 Å². The fourth-order valence-electron chi connectivity index (χ4n) is 1.89. The molecule has 3 nitrogen and oxygen atoms in total. The number of aliphatic hydroxyl groups is 1. The van der Waals surface area contributed by atoms with E-state index in [1.165, 1.54) is 18.4 Å². The Balaban J connectivity index is 1.90. The zero-order chi connectivity index (χ0) is 13.1. The van der Waals surface area contributed by atoms with Crippen LogP contribution in [0.4, 0.5) is 0 Å². The van der Waals surface area contributed by atoms with Gasteiger partial charge in [-0.15, -0.1) is 0 Å². The molecule has 1 unspecified atom stereocenters. The normalized spacial score (nSPS) is 12.6. The largest absolute Gasteiger partial charge is 0.391 e. The van der Waals surface area contributed by atoms with Crippen molar-refractivity contribution in [3.8, 4) is 0 Å². The van der Waals surface area contributed by atoms with Crippen LogP contribution in [0.5, 0.6) is 0 Å². The molecule has 0 saturated heterocycles. The molecule has 0 saturated carbocycles. The number of hydrogen-bond acceptors (Lipinski definition) is 3. The number of methoxy groups -OCH3 is 1. The lowest BCUT2D eigenvalue weighted by molar-refractivity contribution is 0.0595. The summed E-state index contributed by atoms with van der Waals surface area (Å²) in [4.78, 5) is 0. The number of unbranched alkanes of at least 4 members (excludes halogenated alkanes) is 1. The van der Waals surface area contributed by atoms with Crippen LogP contribution >= 0.6 is 0 Å². The van der Waals surface area contributed by atoms with Gasteiger partial charge in [-0.1, -0.05) is 30.3 Å². The Labute approximate surface area is 110 Å². The van der Waals surface area contributed by atoms with Crippen LogP contribution in [-0.4, -0.2) is 38.0 Å². The summed E-state index contributed by atoms with van der Waals surface area (Å²) in [5.74, 6) is 0. The van der Waals surface area contributed by atoms with Gasteiger partial charge < -0.3 is 15.2 Å². The molecule has 1 aromatic carbocycles. The van der Waals surface area contributed by atoms with Gasteiger partial charge in [0, 0.05) is 7.11 Å². The van der Waals surface area contributed by atoms with E-state index < -0.39 is 0 Å². The van der Waals surface area contributed by atoms with Crippen LogP contribution in [0.2, 0.25) is 0 Å². The second kappa shape index (κ2) is 10.1. The van der Waals surface area contributed by atoms with E-state index in [9.17, 15) is 5.11 Å². The highest BCUT2D eigenvalue weighted by atomic mass is 16.5. The van der Waals surface area contributed by atoms with Crippen LogP contribution in [0, 0.1) is 0 Å². The monoisotopic (exact) mass is 251 g/mol. The van der Waals surface area contributed by atoms with Gasteiger partial charge in [0.25, 0.3) is 0 Å². The van der Waals surface area contributed by atoms with Gasteiger partial charge in [-0.2, -0.15) is 0 Å². The Kier molecular flexibility index (Phi) is 8.47. The predicted octanol–water partition coefficient (Wildman–Crippen LogP) is 2.00. The maximum absolute atomic E-state index is 9.44. The quantitative estimate of drug-likeness (QED) is 0.625. The van der Waals surface area contributed by atoms with Gasteiger partial charge in [0.2, 0.25) is 0 Å². The van der Waals surface area contributed by atoms with Crippen molar-refractivity contribution in [2.75, 3.05) is 26.8 Å². The molecule has 102 valence electrons. The van der Waals surface area contributed by atoms with E-state index in [4.69, 9.17) is 4.74 Å². The van der Waals surface area contributed by atoms with Gasteiger partial charge in [-0.3, -0.25) is 0 Å². The topological polar surface area (TPSA) is 41.5 Å². The molecule has 1 aromatic rings. The summed E-state index contributed by atoms with van der Waals surface area (Å²) in [5.41, 5.74) is 1.41. The van der Waals surface area contributed by atoms with E-state index >= 15 is 0 Å². The highest BCUT2D eigenvalue weighted by Crippen LogP contribution is 2.03. The second-order valence-corrected chi connectivity index (χ2v) is 4.59. The summed E-state index contributed by atoms with van der Waals surface area (Å²) in [6, 6.07) is 10.6.